The van der Waals surface area contributed by atoms with Gasteiger partial charge in [0.2, 0.25) is 0 Å². The predicted molar refractivity (Wildman–Crippen MR) is 196 cm³/mol. The van der Waals surface area contributed by atoms with Crippen molar-refractivity contribution in [3.63, 3.8) is 0 Å². The summed E-state index contributed by atoms with van der Waals surface area (Å²) in [7, 11) is 0. The van der Waals surface area contributed by atoms with Crippen LogP contribution in [0.4, 0.5) is 10.6 Å². The number of aliphatic hydroxyl groups is 2. The van der Waals surface area contributed by atoms with Crippen LogP contribution in [0.3, 0.4) is 0 Å². The number of hydrogen-bond acceptors (Lipinski definition) is 6. The van der Waals surface area contributed by atoms with Crippen LogP contribution >= 0.6 is 0 Å². The molecule has 10 nitrogen and oxygen atoms in total. The fraction of sp³-hybridized carbons (Fsp3) is 0.220. The van der Waals surface area contributed by atoms with Crippen LogP contribution in [0.2, 0.25) is 0 Å². The van der Waals surface area contributed by atoms with E-state index in [2.05, 4.69) is 20.5 Å². The highest BCUT2D eigenvalue weighted by Gasteiger charge is 2.46. The minimum atomic E-state index is -1.27. The molecule has 1 fully saturated rings. The lowest BCUT2D eigenvalue weighted by atomic mass is 9.91. The van der Waals surface area contributed by atoms with Crippen LogP contribution < -0.4 is 5.32 Å². The van der Waals surface area contributed by atoms with Gasteiger partial charge in [-0.1, -0.05) is 84.9 Å². The number of urea groups is 1. The van der Waals surface area contributed by atoms with E-state index in [-0.39, 0.29) is 25.0 Å². The molecular weight excluding hydrogens is 640 g/mol. The summed E-state index contributed by atoms with van der Waals surface area (Å²) < 4.78 is 0. The van der Waals surface area contributed by atoms with E-state index < -0.39 is 24.3 Å². The molecule has 0 spiro atoms. The summed E-state index contributed by atoms with van der Waals surface area (Å²) in [6.07, 6.45) is -0.138. The molecule has 258 valence electrons. The lowest BCUT2D eigenvalue weighted by Crippen LogP contribution is -2.50. The van der Waals surface area contributed by atoms with E-state index in [1.807, 2.05) is 104 Å². The number of rotatable bonds is 10. The number of aliphatic hydroxyl groups excluding tert-OH is 2. The molecule has 0 aliphatic carbocycles. The Balaban J connectivity index is 1.26. The van der Waals surface area contributed by atoms with Gasteiger partial charge in [-0.15, -0.1) is 0 Å². The second kappa shape index (κ2) is 15.0. The molecule has 1 aliphatic heterocycles. The van der Waals surface area contributed by atoms with Crippen LogP contribution in [0.5, 0.6) is 0 Å². The largest absolute Gasteiger partial charge is 0.388 e. The first-order valence-electron chi connectivity index (χ1n) is 17.1. The zero-order valence-electron chi connectivity index (χ0n) is 28.3. The van der Waals surface area contributed by atoms with Crippen molar-refractivity contribution >= 4 is 28.7 Å². The highest BCUT2D eigenvalue weighted by atomic mass is 16.3. The van der Waals surface area contributed by atoms with Gasteiger partial charge in [0.1, 0.15) is 18.0 Å². The van der Waals surface area contributed by atoms with Gasteiger partial charge in [-0.25, -0.2) is 9.78 Å². The van der Waals surface area contributed by atoms with E-state index in [1.54, 1.807) is 40.3 Å². The first kappa shape index (κ1) is 33.6. The zero-order chi connectivity index (χ0) is 35.3. The van der Waals surface area contributed by atoms with Crippen LogP contribution in [-0.4, -0.2) is 71.4 Å². The van der Waals surface area contributed by atoms with Crippen molar-refractivity contribution in [2.75, 3.05) is 5.32 Å². The standard InChI is InChI=1S/C41H40N6O4/c1-27-10-8-17-37(43-27)44-40(50)32-16-9-15-30(20-32)25-46-35(22-28-11-4-2-5-12-28)38(48)39(49)36(23-29-13-6-3-7-14-29)47(41(46)51)26-31-18-19-34-33(21-31)24-42-45-34/h2-21,24,35-36,38-39,48-49H,22-23,25-26H2,1H3,(H,42,45)(H,43,44,50)/t35-,36-,38+,39+/m1/s1. The maximum absolute atomic E-state index is 15.1. The molecule has 0 bridgehead atoms. The summed E-state index contributed by atoms with van der Waals surface area (Å²) in [4.78, 5) is 36.1. The van der Waals surface area contributed by atoms with Crippen LogP contribution in [-0.2, 0) is 25.9 Å². The molecule has 6 aromatic rings. The van der Waals surface area contributed by atoms with E-state index in [0.717, 1.165) is 33.3 Å². The van der Waals surface area contributed by atoms with Gasteiger partial charge in [0, 0.05) is 29.7 Å². The Bertz CT molecular complexity index is 2120. The molecule has 1 saturated heterocycles. The molecule has 4 atom stereocenters. The Morgan fingerprint density at radius 2 is 1.31 bits per heavy atom. The summed E-state index contributed by atoms with van der Waals surface area (Å²) in [5.41, 5.74) is 5.49. The quantitative estimate of drug-likeness (QED) is 0.142. The summed E-state index contributed by atoms with van der Waals surface area (Å²) >= 11 is 0. The first-order valence-corrected chi connectivity index (χ1v) is 17.1. The molecule has 3 amide bonds. The number of aryl methyl sites for hydroxylation is 1. The van der Waals surface area contributed by atoms with Gasteiger partial charge >= 0.3 is 6.03 Å². The molecule has 10 heteroatoms. The molecule has 51 heavy (non-hydrogen) atoms. The molecule has 2 aromatic heterocycles. The van der Waals surface area contributed by atoms with E-state index in [1.165, 1.54) is 0 Å². The summed E-state index contributed by atoms with van der Waals surface area (Å²) in [5, 5.41) is 35.0. The predicted octanol–water partition coefficient (Wildman–Crippen LogP) is 5.90. The normalized spacial score (nSPS) is 19.2. The van der Waals surface area contributed by atoms with Crippen molar-refractivity contribution in [2.24, 2.45) is 0 Å². The Labute approximate surface area is 296 Å². The van der Waals surface area contributed by atoms with Gasteiger partial charge in [0.05, 0.1) is 23.8 Å². The molecule has 1 aliphatic rings. The second-order valence-corrected chi connectivity index (χ2v) is 13.1. The minimum absolute atomic E-state index is 0.0965. The SMILES string of the molecule is Cc1cccc(NC(=O)c2cccc(CN3C(=O)N(Cc4ccc5[nH]ncc5c4)[C@H](Cc4ccccc4)[C@H](O)[C@@H](O)[C@H]3Cc3ccccc3)c2)n1. The number of fused-ring (bicyclic) bond motifs is 1. The number of pyridine rings is 1. The maximum Gasteiger partial charge on any atom is 0.321 e. The van der Waals surface area contributed by atoms with E-state index in [0.29, 0.717) is 29.8 Å². The van der Waals surface area contributed by atoms with Gasteiger partial charge in [0.25, 0.3) is 5.91 Å². The number of hydrogen-bond donors (Lipinski definition) is 4. The van der Waals surface area contributed by atoms with Gasteiger partial charge < -0.3 is 25.3 Å². The van der Waals surface area contributed by atoms with Crippen LogP contribution in [0, 0.1) is 6.92 Å². The Hall–Kier alpha value is -5.84. The van der Waals surface area contributed by atoms with Crippen molar-refractivity contribution < 1.29 is 19.8 Å². The highest BCUT2D eigenvalue weighted by molar-refractivity contribution is 6.03. The number of amides is 3. The Kier molecular flexibility index (Phi) is 9.87. The molecule has 7 rings (SSSR count). The maximum atomic E-state index is 15.1. The lowest BCUT2D eigenvalue weighted by Gasteiger charge is -2.36. The third kappa shape index (κ3) is 7.67. The minimum Gasteiger partial charge on any atom is -0.388 e. The van der Waals surface area contributed by atoms with Crippen LogP contribution in [0.25, 0.3) is 10.9 Å². The molecule has 0 unspecified atom stereocenters. The number of aromatic amines is 1. The summed E-state index contributed by atoms with van der Waals surface area (Å²) in [6, 6.07) is 35.9. The number of benzene rings is 4. The third-order valence-corrected chi connectivity index (χ3v) is 9.54. The Morgan fingerprint density at radius 1 is 0.725 bits per heavy atom. The summed E-state index contributed by atoms with van der Waals surface area (Å²) in [5.74, 6) is 0.120. The average molecular weight is 681 g/mol. The fourth-order valence-corrected chi connectivity index (χ4v) is 6.91. The van der Waals surface area contributed by atoms with Gasteiger partial charge in [-0.05, 0) is 78.4 Å². The average Bonchev–Trinajstić information content (AvgIpc) is 3.61. The van der Waals surface area contributed by atoms with Crippen LogP contribution in [0.1, 0.15) is 38.3 Å². The number of nitrogens with zero attached hydrogens (tertiary/aromatic N) is 4. The third-order valence-electron chi connectivity index (χ3n) is 9.54. The monoisotopic (exact) mass is 680 g/mol. The first-order chi connectivity index (χ1) is 24.8. The van der Waals surface area contributed by atoms with Crippen molar-refractivity contribution in [1.29, 1.82) is 0 Å². The van der Waals surface area contributed by atoms with Crippen molar-refractivity contribution in [2.45, 2.75) is 57.1 Å². The molecule has 4 N–H and O–H groups in total. The number of nitrogens with one attached hydrogen (secondary N) is 2. The van der Waals surface area contributed by atoms with Gasteiger partial charge in [-0.2, -0.15) is 5.10 Å². The molecule has 0 saturated carbocycles. The number of carbonyl (C=O) groups is 2. The van der Waals surface area contributed by atoms with E-state index in [9.17, 15) is 15.0 Å². The molecule has 4 aromatic carbocycles. The topological polar surface area (TPSA) is 135 Å². The number of aromatic nitrogens is 3. The lowest BCUT2D eigenvalue weighted by molar-refractivity contribution is -0.0408. The smallest absolute Gasteiger partial charge is 0.321 e. The number of carbonyl (C=O) groups excluding carboxylic acids is 2. The molecule has 0 radical (unpaired) electrons. The van der Waals surface area contributed by atoms with Crippen molar-refractivity contribution in [3.05, 3.63) is 161 Å². The number of H-pyrrole nitrogens is 1. The van der Waals surface area contributed by atoms with Gasteiger partial charge in [0.15, 0.2) is 0 Å². The fourth-order valence-electron chi connectivity index (χ4n) is 6.91. The molecule has 3 heterocycles. The van der Waals surface area contributed by atoms with Crippen molar-refractivity contribution in [3.8, 4) is 0 Å². The number of anilines is 1. The zero-order valence-corrected chi connectivity index (χ0v) is 28.3. The van der Waals surface area contributed by atoms with Gasteiger partial charge in [-0.3, -0.25) is 9.89 Å². The second-order valence-electron chi connectivity index (χ2n) is 13.1. The van der Waals surface area contributed by atoms with E-state index in [4.69, 9.17) is 0 Å². The molecular formula is C41H40N6O4. The van der Waals surface area contributed by atoms with E-state index >= 15 is 4.79 Å². The summed E-state index contributed by atoms with van der Waals surface area (Å²) in [6.45, 7) is 2.15. The highest BCUT2D eigenvalue weighted by Crippen LogP contribution is 2.30. The Morgan fingerprint density at radius 3 is 1.94 bits per heavy atom. The van der Waals surface area contributed by atoms with Crippen LogP contribution in [0.15, 0.2) is 128 Å². The van der Waals surface area contributed by atoms with Crippen molar-refractivity contribution in [1.82, 2.24) is 25.0 Å².